The van der Waals surface area contributed by atoms with Gasteiger partial charge in [-0.3, -0.25) is 9.79 Å². The highest BCUT2D eigenvalue weighted by molar-refractivity contribution is 5.80. The molecule has 0 bridgehead atoms. The number of carbonyl (C=O) groups is 1. The van der Waals surface area contributed by atoms with Crippen LogP contribution in [0.4, 0.5) is 4.39 Å². The molecule has 1 unspecified atom stereocenters. The van der Waals surface area contributed by atoms with Crippen LogP contribution in [0.3, 0.4) is 0 Å². The minimum Gasteiger partial charge on any atom is -0.494 e. The monoisotopic (exact) mass is 338 g/mol. The first-order valence-corrected chi connectivity index (χ1v) is 7.97. The minimum absolute atomic E-state index is 0.0156. The fourth-order valence-electron chi connectivity index (χ4n) is 2.01. The van der Waals surface area contributed by atoms with Crippen molar-refractivity contribution < 1.29 is 13.9 Å². The van der Waals surface area contributed by atoms with Crippen molar-refractivity contribution >= 4 is 11.9 Å². The van der Waals surface area contributed by atoms with E-state index in [2.05, 4.69) is 20.9 Å². The van der Waals surface area contributed by atoms with Crippen molar-refractivity contribution in [1.29, 1.82) is 0 Å². The zero-order valence-corrected chi connectivity index (χ0v) is 14.9. The van der Waals surface area contributed by atoms with Gasteiger partial charge in [-0.2, -0.15) is 0 Å². The third kappa shape index (κ3) is 6.06. The van der Waals surface area contributed by atoms with E-state index in [1.807, 2.05) is 20.8 Å². The lowest BCUT2D eigenvalue weighted by Crippen LogP contribution is -2.42. The van der Waals surface area contributed by atoms with Crippen LogP contribution >= 0.6 is 0 Å². The lowest BCUT2D eigenvalue weighted by molar-refractivity contribution is -0.123. The molecule has 0 radical (unpaired) electrons. The van der Waals surface area contributed by atoms with Gasteiger partial charge >= 0.3 is 0 Å². The Balaban J connectivity index is 2.50. The number of hydrogen-bond acceptors (Lipinski definition) is 3. The molecule has 0 aliphatic heterocycles. The van der Waals surface area contributed by atoms with Gasteiger partial charge in [0.15, 0.2) is 17.5 Å². The normalized spacial score (nSPS) is 12.7. The summed E-state index contributed by atoms with van der Waals surface area (Å²) in [7, 11) is 3.09. The van der Waals surface area contributed by atoms with Crippen LogP contribution in [0.15, 0.2) is 23.2 Å². The fraction of sp³-hybridized carbons (Fsp3) is 0.529. The molecule has 0 aliphatic rings. The first-order valence-electron chi connectivity index (χ1n) is 7.97. The van der Waals surface area contributed by atoms with E-state index in [4.69, 9.17) is 4.74 Å². The summed E-state index contributed by atoms with van der Waals surface area (Å²) >= 11 is 0. The van der Waals surface area contributed by atoms with Crippen molar-refractivity contribution in [2.75, 3.05) is 27.2 Å². The summed E-state index contributed by atoms with van der Waals surface area (Å²) in [6, 6.07) is 4.70. The summed E-state index contributed by atoms with van der Waals surface area (Å²) in [5.74, 6) is 0.379. The number of nitrogens with one attached hydrogen (secondary N) is 3. The third-order valence-corrected chi connectivity index (χ3v) is 3.49. The van der Waals surface area contributed by atoms with Gasteiger partial charge in [0, 0.05) is 26.1 Å². The number of halogens is 1. The topological polar surface area (TPSA) is 74.8 Å². The predicted octanol–water partition coefficient (Wildman–Crippen LogP) is 1.83. The molecule has 1 aromatic carbocycles. The van der Waals surface area contributed by atoms with E-state index >= 15 is 0 Å². The average molecular weight is 338 g/mol. The van der Waals surface area contributed by atoms with Gasteiger partial charge in [-0.15, -0.1) is 0 Å². The van der Waals surface area contributed by atoms with Gasteiger partial charge in [-0.25, -0.2) is 4.39 Å². The van der Waals surface area contributed by atoms with Crippen molar-refractivity contribution in [2.24, 2.45) is 10.9 Å². The molecule has 0 heterocycles. The smallest absolute Gasteiger partial charge is 0.222 e. The van der Waals surface area contributed by atoms with Gasteiger partial charge in [0.05, 0.1) is 13.2 Å². The second-order valence-corrected chi connectivity index (χ2v) is 5.70. The molecule has 6 nitrogen and oxygen atoms in total. The van der Waals surface area contributed by atoms with Crippen LogP contribution < -0.4 is 20.7 Å². The molecule has 0 saturated heterocycles. The number of amides is 1. The number of aliphatic imine (C=N–C) groups is 1. The molecule has 1 atom stereocenters. The van der Waals surface area contributed by atoms with Gasteiger partial charge in [-0.05, 0) is 24.6 Å². The Morgan fingerprint density at radius 1 is 1.25 bits per heavy atom. The Kier molecular flexibility index (Phi) is 8.01. The van der Waals surface area contributed by atoms with Gasteiger partial charge in [-0.1, -0.05) is 19.9 Å². The first kappa shape index (κ1) is 19.7. The van der Waals surface area contributed by atoms with Gasteiger partial charge in [0.25, 0.3) is 0 Å². The van der Waals surface area contributed by atoms with Crippen LogP contribution in [0, 0.1) is 11.7 Å². The number of guanidine groups is 1. The van der Waals surface area contributed by atoms with Crippen molar-refractivity contribution in [3.8, 4) is 5.75 Å². The Hall–Kier alpha value is -2.31. The molecule has 0 saturated carbocycles. The number of ether oxygens (including phenoxy) is 1. The standard InChI is InChI=1S/C17H27FN4O2/c1-11(2)16(23)20-8-9-21-17(19-4)22-12(3)13-6-7-15(24-5)14(18)10-13/h6-7,10-12H,8-9H2,1-5H3,(H,20,23)(H2,19,21,22). The quantitative estimate of drug-likeness (QED) is 0.403. The molecule has 1 rings (SSSR count). The summed E-state index contributed by atoms with van der Waals surface area (Å²) in [4.78, 5) is 15.6. The Bertz CT molecular complexity index is 576. The molecule has 7 heteroatoms. The van der Waals surface area contributed by atoms with Crippen LogP contribution in [0.2, 0.25) is 0 Å². The van der Waals surface area contributed by atoms with Crippen LogP contribution in [-0.4, -0.2) is 39.1 Å². The number of nitrogens with zero attached hydrogens (tertiary/aromatic N) is 1. The molecule has 0 aliphatic carbocycles. The molecule has 24 heavy (non-hydrogen) atoms. The molecule has 1 aromatic rings. The Morgan fingerprint density at radius 3 is 2.46 bits per heavy atom. The number of rotatable bonds is 7. The highest BCUT2D eigenvalue weighted by atomic mass is 19.1. The van der Waals surface area contributed by atoms with Gasteiger partial charge in [0.2, 0.25) is 5.91 Å². The number of methoxy groups -OCH3 is 1. The van der Waals surface area contributed by atoms with E-state index in [0.717, 1.165) is 5.56 Å². The van der Waals surface area contributed by atoms with Gasteiger partial charge in [0.1, 0.15) is 0 Å². The average Bonchev–Trinajstić information content (AvgIpc) is 2.56. The predicted molar refractivity (Wildman–Crippen MR) is 93.7 cm³/mol. The van der Waals surface area contributed by atoms with E-state index in [-0.39, 0.29) is 23.6 Å². The van der Waals surface area contributed by atoms with Crippen molar-refractivity contribution in [2.45, 2.75) is 26.8 Å². The molecule has 0 fully saturated rings. The summed E-state index contributed by atoms with van der Waals surface area (Å²) in [6.07, 6.45) is 0. The molecular weight excluding hydrogens is 311 g/mol. The van der Waals surface area contributed by atoms with Crippen molar-refractivity contribution in [3.63, 3.8) is 0 Å². The second kappa shape index (κ2) is 9.75. The molecular formula is C17H27FN4O2. The Labute approximate surface area is 142 Å². The summed E-state index contributed by atoms with van der Waals surface area (Å²) < 4.78 is 18.7. The van der Waals surface area contributed by atoms with Crippen LogP contribution in [0.1, 0.15) is 32.4 Å². The minimum atomic E-state index is -0.400. The molecule has 3 N–H and O–H groups in total. The SMILES string of the molecule is CN=C(NCCNC(=O)C(C)C)NC(C)c1ccc(OC)c(F)c1. The first-order chi connectivity index (χ1) is 11.4. The number of hydrogen-bond donors (Lipinski definition) is 3. The lowest BCUT2D eigenvalue weighted by Gasteiger charge is -2.19. The maximum Gasteiger partial charge on any atom is 0.222 e. The number of benzene rings is 1. The highest BCUT2D eigenvalue weighted by Gasteiger charge is 2.11. The van der Waals surface area contributed by atoms with E-state index in [0.29, 0.717) is 19.0 Å². The zero-order chi connectivity index (χ0) is 18.1. The Morgan fingerprint density at radius 2 is 1.92 bits per heavy atom. The molecule has 1 amide bonds. The fourth-order valence-corrected chi connectivity index (χ4v) is 2.01. The maximum atomic E-state index is 13.8. The van der Waals surface area contributed by atoms with Crippen LogP contribution in [0.25, 0.3) is 0 Å². The van der Waals surface area contributed by atoms with Crippen LogP contribution in [0.5, 0.6) is 5.75 Å². The molecule has 0 spiro atoms. The third-order valence-electron chi connectivity index (χ3n) is 3.49. The van der Waals surface area contributed by atoms with Crippen molar-refractivity contribution in [1.82, 2.24) is 16.0 Å². The zero-order valence-electron chi connectivity index (χ0n) is 14.9. The largest absolute Gasteiger partial charge is 0.494 e. The maximum absolute atomic E-state index is 13.8. The molecule has 0 aromatic heterocycles. The van der Waals surface area contributed by atoms with E-state index in [1.165, 1.54) is 13.2 Å². The summed E-state index contributed by atoms with van der Waals surface area (Å²) in [5, 5.41) is 9.10. The number of carbonyl (C=O) groups excluding carboxylic acids is 1. The van der Waals surface area contributed by atoms with Crippen LogP contribution in [-0.2, 0) is 4.79 Å². The summed E-state index contributed by atoms with van der Waals surface area (Å²) in [5.41, 5.74) is 0.782. The van der Waals surface area contributed by atoms with E-state index < -0.39 is 5.82 Å². The van der Waals surface area contributed by atoms with E-state index in [1.54, 1.807) is 19.2 Å². The second-order valence-electron chi connectivity index (χ2n) is 5.70. The lowest BCUT2D eigenvalue weighted by atomic mass is 10.1. The molecule has 134 valence electrons. The summed E-state index contributed by atoms with van der Waals surface area (Å²) in [6.45, 7) is 6.65. The van der Waals surface area contributed by atoms with Gasteiger partial charge < -0.3 is 20.7 Å². The van der Waals surface area contributed by atoms with Crippen molar-refractivity contribution in [3.05, 3.63) is 29.6 Å². The highest BCUT2D eigenvalue weighted by Crippen LogP contribution is 2.21. The van der Waals surface area contributed by atoms with E-state index in [9.17, 15) is 9.18 Å².